The minimum Gasteiger partial charge on any atom is -0.468 e. The summed E-state index contributed by atoms with van der Waals surface area (Å²) in [6, 6.07) is 2.01. The van der Waals surface area contributed by atoms with Crippen molar-refractivity contribution in [3.05, 3.63) is 17.5 Å². The Morgan fingerprint density at radius 1 is 1.61 bits per heavy atom. The predicted octanol–water partition coefficient (Wildman–Crippen LogP) is 1.35. The molecule has 1 aromatic heterocycles. The lowest BCUT2D eigenvalue weighted by Gasteiger charge is -2.22. The number of rotatable bonds is 4. The number of aromatic nitrogens is 2. The molecule has 100 valence electrons. The maximum absolute atomic E-state index is 11.7. The molecule has 5 nitrogen and oxygen atoms in total. The number of nitrogens with zero attached hydrogens (tertiary/aromatic N) is 3. The summed E-state index contributed by atoms with van der Waals surface area (Å²) in [6.07, 6.45) is 1.95. The molecular formula is C13H21N3O2. The van der Waals surface area contributed by atoms with Crippen molar-refractivity contribution in [3.63, 3.8) is 0 Å². The Hall–Kier alpha value is -1.36. The largest absolute Gasteiger partial charge is 0.468 e. The normalized spacial score (nSPS) is 20.3. The van der Waals surface area contributed by atoms with Gasteiger partial charge in [0.25, 0.3) is 0 Å². The average Bonchev–Trinajstić information content (AvgIpc) is 2.95. The van der Waals surface area contributed by atoms with Crippen LogP contribution in [0.1, 0.15) is 31.2 Å². The Balaban J connectivity index is 2.10. The molecule has 0 spiro atoms. The fourth-order valence-electron chi connectivity index (χ4n) is 2.63. The first-order valence-corrected chi connectivity index (χ1v) is 6.51. The second-order valence-electron chi connectivity index (χ2n) is 4.74. The van der Waals surface area contributed by atoms with Gasteiger partial charge in [0.1, 0.15) is 6.04 Å². The van der Waals surface area contributed by atoms with E-state index in [-0.39, 0.29) is 12.0 Å². The van der Waals surface area contributed by atoms with Crippen molar-refractivity contribution in [2.75, 3.05) is 13.7 Å². The number of hydrogen-bond acceptors (Lipinski definition) is 4. The van der Waals surface area contributed by atoms with Gasteiger partial charge in [-0.1, -0.05) is 0 Å². The van der Waals surface area contributed by atoms with Crippen LogP contribution in [0, 0.1) is 6.92 Å². The zero-order valence-corrected chi connectivity index (χ0v) is 11.3. The topological polar surface area (TPSA) is 47.4 Å². The summed E-state index contributed by atoms with van der Waals surface area (Å²) < 4.78 is 6.86. The van der Waals surface area contributed by atoms with E-state index in [1.807, 2.05) is 11.6 Å². The number of carbonyl (C=O) groups excluding carboxylic acids is 1. The molecule has 1 aliphatic rings. The fourth-order valence-corrected chi connectivity index (χ4v) is 2.63. The van der Waals surface area contributed by atoms with E-state index in [1.165, 1.54) is 12.8 Å². The van der Waals surface area contributed by atoms with Crippen LogP contribution in [-0.2, 0) is 22.6 Å². The molecule has 1 aromatic rings. The zero-order chi connectivity index (χ0) is 13.1. The third kappa shape index (κ3) is 2.56. The van der Waals surface area contributed by atoms with Gasteiger partial charge in [0.2, 0.25) is 0 Å². The first kappa shape index (κ1) is 13.1. The Labute approximate surface area is 108 Å². The molecule has 2 heterocycles. The van der Waals surface area contributed by atoms with Crippen LogP contribution >= 0.6 is 0 Å². The van der Waals surface area contributed by atoms with Crippen molar-refractivity contribution in [2.24, 2.45) is 0 Å². The first-order chi connectivity index (χ1) is 8.65. The summed E-state index contributed by atoms with van der Waals surface area (Å²) in [7, 11) is 1.46. The van der Waals surface area contributed by atoms with E-state index >= 15 is 0 Å². The summed E-state index contributed by atoms with van der Waals surface area (Å²) >= 11 is 0. The van der Waals surface area contributed by atoms with Gasteiger partial charge in [0.15, 0.2) is 0 Å². The van der Waals surface area contributed by atoms with E-state index in [1.54, 1.807) is 0 Å². The standard InChI is InChI=1S/C13H21N3O2/c1-4-16-11(8-10(2)14-16)9-15-7-5-6-12(15)13(17)18-3/h8,12H,4-7,9H2,1-3H3. The van der Waals surface area contributed by atoms with Crippen LogP contribution in [0.3, 0.4) is 0 Å². The smallest absolute Gasteiger partial charge is 0.323 e. The van der Waals surface area contributed by atoms with E-state index in [0.717, 1.165) is 38.2 Å². The fraction of sp³-hybridized carbons (Fsp3) is 0.692. The van der Waals surface area contributed by atoms with E-state index in [9.17, 15) is 4.79 Å². The minimum atomic E-state index is -0.119. The molecule has 2 rings (SSSR count). The van der Waals surface area contributed by atoms with Crippen molar-refractivity contribution in [1.29, 1.82) is 0 Å². The lowest BCUT2D eigenvalue weighted by Crippen LogP contribution is -2.36. The number of aryl methyl sites for hydroxylation is 2. The maximum atomic E-state index is 11.7. The van der Waals surface area contributed by atoms with Crippen LogP contribution in [-0.4, -0.2) is 40.3 Å². The lowest BCUT2D eigenvalue weighted by atomic mass is 10.2. The van der Waals surface area contributed by atoms with Crippen LogP contribution in [0.25, 0.3) is 0 Å². The highest BCUT2D eigenvalue weighted by Gasteiger charge is 2.31. The SMILES string of the molecule is CCn1nc(C)cc1CN1CCCC1C(=O)OC. The molecule has 5 heteroatoms. The Morgan fingerprint density at radius 2 is 2.39 bits per heavy atom. The summed E-state index contributed by atoms with van der Waals surface area (Å²) in [4.78, 5) is 13.9. The van der Waals surface area contributed by atoms with E-state index < -0.39 is 0 Å². The Kier molecular flexibility index (Phi) is 4.01. The summed E-state index contributed by atoms with van der Waals surface area (Å²) in [5.74, 6) is -0.119. The first-order valence-electron chi connectivity index (χ1n) is 6.51. The molecule has 1 atom stereocenters. The minimum absolute atomic E-state index is 0.0875. The van der Waals surface area contributed by atoms with Crippen LogP contribution in [0.5, 0.6) is 0 Å². The van der Waals surface area contributed by atoms with Crippen molar-refractivity contribution >= 4 is 5.97 Å². The molecular weight excluding hydrogens is 230 g/mol. The maximum Gasteiger partial charge on any atom is 0.323 e. The van der Waals surface area contributed by atoms with Crippen LogP contribution in [0.4, 0.5) is 0 Å². The van der Waals surface area contributed by atoms with Gasteiger partial charge in [0, 0.05) is 13.1 Å². The summed E-state index contributed by atoms with van der Waals surface area (Å²) in [5.41, 5.74) is 2.20. The lowest BCUT2D eigenvalue weighted by molar-refractivity contribution is -0.146. The summed E-state index contributed by atoms with van der Waals surface area (Å²) in [5, 5.41) is 4.44. The average molecular weight is 251 g/mol. The van der Waals surface area contributed by atoms with Crippen LogP contribution in [0.2, 0.25) is 0 Å². The Morgan fingerprint density at radius 3 is 3.06 bits per heavy atom. The van der Waals surface area contributed by atoms with Crippen molar-refractivity contribution < 1.29 is 9.53 Å². The molecule has 1 aliphatic heterocycles. The quantitative estimate of drug-likeness (QED) is 0.758. The highest BCUT2D eigenvalue weighted by atomic mass is 16.5. The number of methoxy groups -OCH3 is 1. The monoisotopic (exact) mass is 251 g/mol. The van der Waals surface area contributed by atoms with Crippen molar-refractivity contribution in [3.8, 4) is 0 Å². The number of ether oxygens (including phenoxy) is 1. The van der Waals surface area contributed by atoms with E-state index in [2.05, 4.69) is 23.0 Å². The van der Waals surface area contributed by atoms with Crippen LogP contribution < -0.4 is 0 Å². The zero-order valence-electron chi connectivity index (χ0n) is 11.3. The highest BCUT2D eigenvalue weighted by Crippen LogP contribution is 2.21. The molecule has 1 fully saturated rings. The van der Waals surface area contributed by atoms with Crippen molar-refractivity contribution in [2.45, 2.75) is 45.8 Å². The highest BCUT2D eigenvalue weighted by molar-refractivity contribution is 5.75. The molecule has 18 heavy (non-hydrogen) atoms. The predicted molar refractivity (Wildman–Crippen MR) is 68.1 cm³/mol. The Bertz CT molecular complexity index is 428. The second kappa shape index (κ2) is 5.52. The van der Waals surface area contributed by atoms with Gasteiger partial charge in [-0.25, -0.2) is 0 Å². The van der Waals surface area contributed by atoms with Gasteiger partial charge in [0.05, 0.1) is 18.5 Å². The van der Waals surface area contributed by atoms with Crippen LogP contribution in [0.15, 0.2) is 6.07 Å². The molecule has 0 radical (unpaired) electrons. The third-order valence-electron chi connectivity index (χ3n) is 3.49. The molecule has 1 saturated heterocycles. The third-order valence-corrected chi connectivity index (χ3v) is 3.49. The molecule has 1 unspecified atom stereocenters. The van der Waals surface area contributed by atoms with Gasteiger partial charge < -0.3 is 4.74 Å². The van der Waals surface area contributed by atoms with Gasteiger partial charge in [-0.05, 0) is 39.3 Å². The number of hydrogen-bond donors (Lipinski definition) is 0. The molecule has 0 aliphatic carbocycles. The summed E-state index contributed by atoms with van der Waals surface area (Å²) in [6.45, 7) is 6.66. The van der Waals surface area contributed by atoms with E-state index in [0.29, 0.717) is 0 Å². The van der Waals surface area contributed by atoms with Gasteiger partial charge >= 0.3 is 5.97 Å². The number of likely N-dealkylation sites (tertiary alicyclic amines) is 1. The second-order valence-corrected chi connectivity index (χ2v) is 4.74. The number of esters is 1. The van der Waals surface area contributed by atoms with Crippen molar-refractivity contribution in [1.82, 2.24) is 14.7 Å². The van der Waals surface area contributed by atoms with Gasteiger partial charge in [-0.15, -0.1) is 0 Å². The molecule has 0 aromatic carbocycles. The molecule has 0 N–H and O–H groups in total. The molecule has 0 saturated carbocycles. The number of carbonyl (C=O) groups is 1. The molecule has 0 bridgehead atoms. The molecule has 0 amide bonds. The van der Waals surface area contributed by atoms with Gasteiger partial charge in [-0.2, -0.15) is 5.10 Å². The van der Waals surface area contributed by atoms with Gasteiger partial charge in [-0.3, -0.25) is 14.4 Å². The van der Waals surface area contributed by atoms with E-state index in [4.69, 9.17) is 4.74 Å².